The van der Waals surface area contributed by atoms with Gasteiger partial charge in [-0.05, 0) is 67.6 Å². The largest absolute Gasteiger partial charge is 0.490 e. The highest BCUT2D eigenvalue weighted by molar-refractivity contribution is 6.03. The first-order chi connectivity index (χ1) is 16.4. The normalized spacial score (nSPS) is 16.0. The Bertz CT molecular complexity index is 1200. The van der Waals surface area contributed by atoms with Gasteiger partial charge in [-0.2, -0.15) is 0 Å². The van der Waals surface area contributed by atoms with Crippen LogP contribution < -0.4 is 4.74 Å². The third-order valence-electron chi connectivity index (χ3n) is 6.28. The average Bonchev–Trinajstić information content (AvgIpc) is 2.86. The molecular weight excluding hydrogens is 428 g/mol. The minimum absolute atomic E-state index is 0.0500. The maximum absolute atomic E-state index is 13.6. The van der Waals surface area contributed by atoms with E-state index in [1.165, 1.54) is 7.11 Å². The van der Waals surface area contributed by atoms with Crippen LogP contribution in [-0.4, -0.2) is 31.3 Å². The summed E-state index contributed by atoms with van der Waals surface area (Å²) >= 11 is 0. The van der Waals surface area contributed by atoms with Crippen LogP contribution in [0.4, 0.5) is 0 Å². The van der Waals surface area contributed by atoms with Gasteiger partial charge in [-0.15, -0.1) is 0 Å². The third-order valence-corrected chi connectivity index (χ3v) is 6.28. The van der Waals surface area contributed by atoms with E-state index < -0.39 is 17.8 Å². The lowest BCUT2D eigenvalue weighted by Crippen LogP contribution is -2.29. The number of fused-ring (bicyclic) bond motifs is 1. The van der Waals surface area contributed by atoms with E-state index in [0.29, 0.717) is 35.3 Å². The van der Waals surface area contributed by atoms with Crippen molar-refractivity contribution < 1.29 is 23.9 Å². The third kappa shape index (κ3) is 4.65. The number of aryl methyl sites for hydroxylation is 1. The van der Waals surface area contributed by atoms with Gasteiger partial charge < -0.3 is 14.3 Å². The van der Waals surface area contributed by atoms with Crippen LogP contribution in [0, 0.1) is 5.92 Å². The van der Waals surface area contributed by atoms with Gasteiger partial charge >= 0.3 is 5.97 Å². The Morgan fingerprint density at radius 3 is 2.32 bits per heavy atom. The van der Waals surface area contributed by atoms with Crippen molar-refractivity contribution in [2.75, 3.05) is 7.11 Å². The highest BCUT2D eigenvalue weighted by Crippen LogP contribution is 2.40. The van der Waals surface area contributed by atoms with Crippen LogP contribution in [0.3, 0.4) is 0 Å². The van der Waals surface area contributed by atoms with Crippen LogP contribution in [0.15, 0.2) is 66.7 Å². The van der Waals surface area contributed by atoms with Crippen molar-refractivity contribution in [3.63, 3.8) is 0 Å². The number of hydrogen-bond acceptors (Lipinski definition) is 5. The van der Waals surface area contributed by atoms with Gasteiger partial charge in [0.15, 0.2) is 5.78 Å². The molecule has 174 valence electrons. The number of hydrogen-bond donors (Lipinski definition) is 0. The molecule has 0 radical (unpaired) electrons. The summed E-state index contributed by atoms with van der Waals surface area (Å²) in [6.07, 6.45) is 2.06. The van der Waals surface area contributed by atoms with Crippen molar-refractivity contribution in [3.05, 3.63) is 89.0 Å². The molecule has 5 nitrogen and oxygen atoms in total. The second-order valence-electron chi connectivity index (χ2n) is 8.82. The van der Waals surface area contributed by atoms with Gasteiger partial charge in [0, 0.05) is 23.0 Å². The fraction of sp³-hybridized carbons (Fsp3) is 0.276. The van der Waals surface area contributed by atoms with Gasteiger partial charge in [-0.3, -0.25) is 4.79 Å². The van der Waals surface area contributed by atoms with Gasteiger partial charge in [0.05, 0.1) is 18.8 Å². The molecule has 2 atom stereocenters. The Morgan fingerprint density at radius 2 is 1.71 bits per heavy atom. The predicted molar refractivity (Wildman–Crippen MR) is 130 cm³/mol. The molecule has 34 heavy (non-hydrogen) atoms. The molecule has 3 aromatic rings. The standard InChI is InChI=1S/C29H28O5/c1-18(2)34-27-16-25-22(15-24(27)19-7-5-4-6-8-19)13-14-23(28(25)31)26(17-30)20-9-11-21(12-10-20)29(32)33-3/h4-12,15-18,23,26H,13-14H2,1-3H3. The molecule has 2 unspecified atom stereocenters. The van der Waals surface area contributed by atoms with E-state index in [4.69, 9.17) is 9.47 Å². The molecule has 0 amide bonds. The summed E-state index contributed by atoms with van der Waals surface area (Å²) < 4.78 is 10.8. The van der Waals surface area contributed by atoms with Crippen LogP contribution >= 0.6 is 0 Å². The van der Waals surface area contributed by atoms with Crippen molar-refractivity contribution in [1.29, 1.82) is 0 Å². The van der Waals surface area contributed by atoms with E-state index in [2.05, 4.69) is 6.07 Å². The SMILES string of the molecule is COC(=O)c1ccc(C(C=O)C2CCc3cc(-c4ccccc4)c(OC(C)C)cc3C2=O)cc1. The van der Waals surface area contributed by atoms with Crippen molar-refractivity contribution in [2.24, 2.45) is 5.92 Å². The van der Waals surface area contributed by atoms with Crippen molar-refractivity contribution in [2.45, 2.75) is 38.7 Å². The molecule has 0 saturated heterocycles. The molecule has 0 bridgehead atoms. The summed E-state index contributed by atoms with van der Waals surface area (Å²) in [4.78, 5) is 37.5. The molecule has 1 aliphatic rings. The number of ether oxygens (including phenoxy) is 2. The first kappa shape index (κ1) is 23.4. The van der Waals surface area contributed by atoms with Crippen LogP contribution in [0.5, 0.6) is 5.75 Å². The smallest absolute Gasteiger partial charge is 0.337 e. The van der Waals surface area contributed by atoms with Gasteiger partial charge in [0.2, 0.25) is 0 Å². The molecule has 0 aliphatic heterocycles. The Labute approximate surface area is 199 Å². The van der Waals surface area contributed by atoms with E-state index in [9.17, 15) is 14.4 Å². The predicted octanol–water partition coefficient (Wildman–Crippen LogP) is 5.66. The number of aldehydes is 1. The second-order valence-corrected chi connectivity index (χ2v) is 8.82. The number of ketones is 1. The molecule has 5 heteroatoms. The van der Waals surface area contributed by atoms with Gasteiger partial charge in [0.1, 0.15) is 12.0 Å². The van der Waals surface area contributed by atoms with Crippen LogP contribution in [0.1, 0.15) is 58.0 Å². The van der Waals surface area contributed by atoms with Crippen molar-refractivity contribution >= 4 is 18.0 Å². The Hall–Kier alpha value is -3.73. The number of benzene rings is 3. The monoisotopic (exact) mass is 456 g/mol. The Balaban J connectivity index is 1.69. The number of Topliss-reactive ketones (excluding diaryl/α,β-unsaturated/α-hetero) is 1. The maximum atomic E-state index is 13.6. The van der Waals surface area contributed by atoms with E-state index in [1.807, 2.05) is 50.2 Å². The highest BCUT2D eigenvalue weighted by atomic mass is 16.5. The summed E-state index contributed by atoms with van der Waals surface area (Å²) in [5.41, 5.74) is 4.70. The number of rotatable bonds is 7. The van der Waals surface area contributed by atoms with E-state index in [1.54, 1.807) is 24.3 Å². The molecule has 1 aliphatic carbocycles. The van der Waals surface area contributed by atoms with E-state index >= 15 is 0 Å². The number of methoxy groups -OCH3 is 1. The highest BCUT2D eigenvalue weighted by Gasteiger charge is 2.35. The number of carbonyl (C=O) groups excluding carboxylic acids is 3. The van der Waals surface area contributed by atoms with Gasteiger partial charge in [-0.1, -0.05) is 42.5 Å². The quantitative estimate of drug-likeness (QED) is 0.339. The number of carbonyl (C=O) groups is 3. The van der Waals surface area contributed by atoms with Crippen molar-refractivity contribution in [1.82, 2.24) is 0 Å². The van der Waals surface area contributed by atoms with E-state index in [0.717, 1.165) is 23.0 Å². The molecule has 0 heterocycles. The molecule has 0 N–H and O–H groups in total. The van der Waals surface area contributed by atoms with Crippen LogP contribution in [0.25, 0.3) is 11.1 Å². The van der Waals surface area contributed by atoms with Crippen LogP contribution in [0.2, 0.25) is 0 Å². The lowest BCUT2D eigenvalue weighted by molar-refractivity contribution is -0.109. The molecule has 0 fully saturated rings. The topological polar surface area (TPSA) is 69.7 Å². The minimum Gasteiger partial charge on any atom is -0.490 e. The zero-order valence-corrected chi connectivity index (χ0v) is 19.6. The zero-order valence-electron chi connectivity index (χ0n) is 19.6. The van der Waals surface area contributed by atoms with E-state index in [-0.39, 0.29) is 11.9 Å². The molecule has 0 saturated carbocycles. The summed E-state index contributed by atoms with van der Waals surface area (Å²) in [7, 11) is 1.32. The maximum Gasteiger partial charge on any atom is 0.337 e. The Kier molecular flexibility index (Phi) is 6.92. The Morgan fingerprint density at radius 1 is 1.00 bits per heavy atom. The second kappa shape index (κ2) is 10.0. The lowest BCUT2D eigenvalue weighted by Gasteiger charge is -2.29. The molecule has 3 aromatic carbocycles. The lowest BCUT2D eigenvalue weighted by atomic mass is 9.73. The number of esters is 1. The summed E-state index contributed by atoms with van der Waals surface area (Å²) in [6, 6.07) is 20.6. The van der Waals surface area contributed by atoms with Gasteiger partial charge in [0.25, 0.3) is 0 Å². The summed E-state index contributed by atoms with van der Waals surface area (Å²) in [5.74, 6) is -0.884. The first-order valence-electron chi connectivity index (χ1n) is 11.5. The average molecular weight is 457 g/mol. The van der Waals surface area contributed by atoms with Crippen molar-refractivity contribution in [3.8, 4) is 16.9 Å². The fourth-order valence-electron chi connectivity index (χ4n) is 4.61. The van der Waals surface area contributed by atoms with Gasteiger partial charge in [-0.25, -0.2) is 4.79 Å². The fourth-order valence-corrected chi connectivity index (χ4v) is 4.61. The minimum atomic E-state index is -0.587. The molecule has 0 aromatic heterocycles. The summed E-state index contributed by atoms with van der Waals surface area (Å²) in [6.45, 7) is 3.92. The van der Waals surface area contributed by atoms with Crippen LogP contribution in [-0.2, 0) is 16.0 Å². The first-order valence-corrected chi connectivity index (χ1v) is 11.5. The molecular formula is C29H28O5. The zero-order chi connectivity index (χ0) is 24.2. The summed E-state index contributed by atoms with van der Waals surface area (Å²) in [5, 5.41) is 0. The molecule has 0 spiro atoms. The molecule has 4 rings (SSSR count).